The van der Waals surface area contributed by atoms with Crippen LogP contribution in [0.2, 0.25) is 0 Å². The van der Waals surface area contributed by atoms with E-state index >= 15 is 0 Å². The van der Waals surface area contributed by atoms with Crippen LogP contribution in [0.3, 0.4) is 0 Å². The van der Waals surface area contributed by atoms with Crippen LogP contribution in [-0.2, 0) is 0 Å². The van der Waals surface area contributed by atoms with E-state index in [4.69, 9.17) is 9.47 Å². The topological polar surface area (TPSA) is 85.9 Å². The Labute approximate surface area is 119 Å². The number of fused-ring (bicyclic) bond motifs is 2. The first-order chi connectivity index (χ1) is 10.4. The molecular formula is C13H10N6O2. The van der Waals surface area contributed by atoms with Crippen molar-refractivity contribution in [2.75, 3.05) is 12.2 Å². The first-order valence-electron chi connectivity index (χ1n) is 6.24. The predicted octanol–water partition coefficient (Wildman–Crippen LogP) is 1.30. The largest absolute Gasteiger partial charge is 0.454 e. The Morgan fingerprint density at radius 2 is 2.14 bits per heavy atom. The first-order valence-corrected chi connectivity index (χ1v) is 6.24. The van der Waals surface area contributed by atoms with E-state index in [0.717, 1.165) is 17.1 Å². The maximum atomic E-state index is 5.31. The summed E-state index contributed by atoms with van der Waals surface area (Å²) in [5, 5.41) is 16.0. The Bertz CT molecular complexity index is 828. The molecule has 1 aliphatic heterocycles. The molecule has 0 saturated heterocycles. The molecule has 1 aliphatic rings. The van der Waals surface area contributed by atoms with Gasteiger partial charge in [-0.1, -0.05) is 0 Å². The number of ether oxygens (including phenoxy) is 2. The Balaban J connectivity index is 1.50. The van der Waals surface area contributed by atoms with Crippen LogP contribution in [0.1, 0.15) is 5.56 Å². The summed E-state index contributed by atoms with van der Waals surface area (Å²) in [5.41, 5.74) is 4.43. The highest BCUT2D eigenvalue weighted by Crippen LogP contribution is 2.31. The molecule has 1 aromatic carbocycles. The third kappa shape index (κ3) is 2.22. The van der Waals surface area contributed by atoms with Crippen LogP contribution in [0, 0.1) is 0 Å². The fourth-order valence-corrected chi connectivity index (χ4v) is 1.95. The molecule has 0 spiro atoms. The van der Waals surface area contributed by atoms with E-state index in [1.54, 1.807) is 22.9 Å². The van der Waals surface area contributed by atoms with Crippen molar-refractivity contribution in [2.24, 2.45) is 5.10 Å². The van der Waals surface area contributed by atoms with Crippen LogP contribution in [0.25, 0.3) is 5.65 Å². The van der Waals surface area contributed by atoms with Gasteiger partial charge in [-0.2, -0.15) is 9.62 Å². The van der Waals surface area contributed by atoms with Gasteiger partial charge in [0.1, 0.15) is 6.33 Å². The van der Waals surface area contributed by atoms with E-state index < -0.39 is 0 Å². The van der Waals surface area contributed by atoms with Crippen molar-refractivity contribution in [3.05, 3.63) is 42.2 Å². The summed E-state index contributed by atoms with van der Waals surface area (Å²) in [4.78, 5) is 0. The number of aromatic nitrogens is 4. The number of nitrogens with zero attached hydrogens (tertiary/aromatic N) is 5. The van der Waals surface area contributed by atoms with Crippen molar-refractivity contribution >= 4 is 17.7 Å². The highest BCUT2D eigenvalue weighted by atomic mass is 16.7. The van der Waals surface area contributed by atoms with Crippen LogP contribution < -0.4 is 14.9 Å². The first kappa shape index (κ1) is 11.6. The fraction of sp³-hybridized carbons (Fsp3) is 0.0769. The van der Waals surface area contributed by atoms with Crippen LogP contribution >= 0.6 is 0 Å². The molecule has 21 heavy (non-hydrogen) atoms. The summed E-state index contributed by atoms with van der Waals surface area (Å²) in [5.74, 6) is 2.07. The predicted molar refractivity (Wildman–Crippen MR) is 74.6 cm³/mol. The van der Waals surface area contributed by atoms with Crippen molar-refractivity contribution in [1.82, 2.24) is 19.8 Å². The lowest BCUT2D eigenvalue weighted by Gasteiger charge is -2.00. The molecule has 0 unspecified atom stereocenters. The van der Waals surface area contributed by atoms with Gasteiger partial charge in [0.05, 0.1) is 6.21 Å². The number of rotatable bonds is 3. The lowest BCUT2D eigenvalue weighted by Crippen LogP contribution is -1.98. The molecule has 0 bridgehead atoms. The molecule has 1 N–H and O–H groups in total. The average Bonchev–Trinajstić information content (AvgIpc) is 3.14. The lowest BCUT2D eigenvalue weighted by atomic mass is 10.2. The molecule has 0 amide bonds. The van der Waals surface area contributed by atoms with Crippen molar-refractivity contribution in [3.63, 3.8) is 0 Å². The third-order valence-electron chi connectivity index (χ3n) is 2.95. The molecule has 8 heteroatoms. The number of nitrogens with one attached hydrogen (secondary N) is 1. The molecule has 0 radical (unpaired) electrons. The molecule has 8 nitrogen and oxygen atoms in total. The zero-order valence-electron chi connectivity index (χ0n) is 10.8. The van der Waals surface area contributed by atoms with E-state index in [0.29, 0.717) is 11.5 Å². The summed E-state index contributed by atoms with van der Waals surface area (Å²) in [6.45, 7) is 0.261. The normalized spacial score (nSPS) is 13.1. The summed E-state index contributed by atoms with van der Waals surface area (Å²) >= 11 is 0. The molecule has 0 saturated carbocycles. The molecule has 2 aromatic heterocycles. The van der Waals surface area contributed by atoms with Gasteiger partial charge >= 0.3 is 0 Å². The molecule has 3 aromatic rings. The standard InChI is InChI=1S/C13H10N6O2/c1-2-10-11(21-8-20-10)5-9(1)6-14-16-12-3-4-13-17-15-7-19(13)18-12/h1-7H,8H2,(H,16,18). The van der Waals surface area contributed by atoms with Crippen molar-refractivity contribution in [2.45, 2.75) is 0 Å². The highest BCUT2D eigenvalue weighted by molar-refractivity contribution is 5.81. The molecule has 0 aliphatic carbocycles. The Morgan fingerprint density at radius 3 is 3.14 bits per heavy atom. The van der Waals surface area contributed by atoms with E-state index in [9.17, 15) is 0 Å². The summed E-state index contributed by atoms with van der Waals surface area (Å²) in [7, 11) is 0. The number of hydrazone groups is 1. The van der Waals surface area contributed by atoms with Gasteiger partial charge in [0.25, 0.3) is 0 Å². The van der Waals surface area contributed by atoms with E-state index in [1.165, 1.54) is 6.33 Å². The number of hydrogen-bond acceptors (Lipinski definition) is 7. The summed E-state index contributed by atoms with van der Waals surface area (Å²) in [6, 6.07) is 9.20. The smallest absolute Gasteiger partial charge is 0.231 e. The second-order valence-corrected chi connectivity index (χ2v) is 4.33. The van der Waals surface area contributed by atoms with Gasteiger partial charge in [0.15, 0.2) is 23.0 Å². The van der Waals surface area contributed by atoms with Crippen LogP contribution in [0.15, 0.2) is 41.8 Å². The molecule has 3 heterocycles. The van der Waals surface area contributed by atoms with Gasteiger partial charge < -0.3 is 9.47 Å². The van der Waals surface area contributed by atoms with Crippen molar-refractivity contribution in [1.29, 1.82) is 0 Å². The van der Waals surface area contributed by atoms with Crippen molar-refractivity contribution in [3.8, 4) is 11.5 Å². The molecule has 104 valence electrons. The minimum atomic E-state index is 0.261. The molecule has 0 atom stereocenters. The average molecular weight is 282 g/mol. The summed E-state index contributed by atoms with van der Waals surface area (Å²) in [6.07, 6.45) is 3.21. The Hall–Kier alpha value is -3.16. The summed E-state index contributed by atoms with van der Waals surface area (Å²) < 4.78 is 12.1. The van der Waals surface area contributed by atoms with Crippen LogP contribution in [-0.4, -0.2) is 32.8 Å². The second kappa shape index (κ2) is 4.75. The van der Waals surface area contributed by atoms with E-state index in [2.05, 4.69) is 25.8 Å². The monoisotopic (exact) mass is 282 g/mol. The zero-order chi connectivity index (χ0) is 14.1. The minimum absolute atomic E-state index is 0.261. The second-order valence-electron chi connectivity index (χ2n) is 4.33. The maximum Gasteiger partial charge on any atom is 0.231 e. The van der Waals surface area contributed by atoms with Gasteiger partial charge in [-0.3, -0.25) is 5.43 Å². The quantitative estimate of drug-likeness (QED) is 0.575. The third-order valence-corrected chi connectivity index (χ3v) is 2.95. The van der Waals surface area contributed by atoms with Gasteiger partial charge in [0, 0.05) is 0 Å². The molecule has 4 rings (SSSR count). The zero-order valence-corrected chi connectivity index (χ0v) is 10.8. The van der Waals surface area contributed by atoms with Crippen LogP contribution in [0.4, 0.5) is 5.82 Å². The van der Waals surface area contributed by atoms with Gasteiger partial charge in [-0.15, -0.1) is 15.3 Å². The maximum absolute atomic E-state index is 5.31. The van der Waals surface area contributed by atoms with Gasteiger partial charge in [-0.25, -0.2) is 0 Å². The van der Waals surface area contributed by atoms with Crippen LogP contribution in [0.5, 0.6) is 11.5 Å². The number of benzene rings is 1. The fourth-order valence-electron chi connectivity index (χ4n) is 1.95. The number of hydrogen-bond donors (Lipinski definition) is 1. The lowest BCUT2D eigenvalue weighted by molar-refractivity contribution is 0.174. The Kier molecular flexibility index (Phi) is 2.63. The van der Waals surface area contributed by atoms with E-state index in [-0.39, 0.29) is 6.79 Å². The molecule has 0 fully saturated rings. The Morgan fingerprint density at radius 1 is 1.19 bits per heavy atom. The van der Waals surface area contributed by atoms with Gasteiger partial charge in [0.2, 0.25) is 6.79 Å². The SMILES string of the molecule is C(=NNc1ccc2nncn2n1)c1ccc2c(c1)OCO2. The highest BCUT2D eigenvalue weighted by Gasteiger charge is 2.12. The van der Waals surface area contributed by atoms with Crippen molar-refractivity contribution < 1.29 is 9.47 Å². The molecular weight excluding hydrogens is 272 g/mol. The van der Waals surface area contributed by atoms with Gasteiger partial charge in [-0.05, 0) is 35.9 Å². The van der Waals surface area contributed by atoms with E-state index in [1.807, 2.05) is 18.2 Å². The number of anilines is 1. The minimum Gasteiger partial charge on any atom is -0.454 e.